The van der Waals surface area contributed by atoms with E-state index < -0.39 is 5.97 Å². The van der Waals surface area contributed by atoms with E-state index in [1.807, 2.05) is 30.3 Å². The molecule has 3 rings (SSSR count). The number of nitrogens with zero attached hydrogens (tertiary/aromatic N) is 1. The number of carbonyl (C=O) groups is 1. The van der Waals surface area contributed by atoms with Crippen LogP contribution in [0, 0.1) is 0 Å². The summed E-state index contributed by atoms with van der Waals surface area (Å²) in [5, 5.41) is 10.8. The van der Waals surface area contributed by atoms with Crippen molar-refractivity contribution in [2.45, 2.75) is 0 Å². The van der Waals surface area contributed by atoms with E-state index in [0.717, 1.165) is 16.6 Å². The molecule has 3 aromatic rings. The van der Waals surface area contributed by atoms with Crippen LogP contribution in [0.3, 0.4) is 0 Å². The fourth-order valence-electron chi connectivity index (χ4n) is 1.88. The summed E-state index contributed by atoms with van der Waals surface area (Å²) in [5.41, 5.74) is 2.65. The Hall–Kier alpha value is -2.62. The highest BCUT2D eigenvalue weighted by Gasteiger charge is 2.05. The summed E-state index contributed by atoms with van der Waals surface area (Å²) >= 11 is 0. The molecule has 0 saturated heterocycles. The molecule has 2 aromatic carbocycles. The highest BCUT2D eigenvalue weighted by Crippen LogP contribution is 2.20. The standard InChI is InChI=1S/C14H10N2O2/c17-14(18)10-5-3-4-9(8-10)13-15-11-6-1-2-7-12(11)16-13/h1-8H,(H,15,16)(H,17,18)/p-1. The molecule has 1 N–H and O–H groups in total. The molecule has 4 nitrogen and oxygen atoms in total. The van der Waals surface area contributed by atoms with Crippen molar-refractivity contribution in [3.05, 3.63) is 54.1 Å². The summed E-state index contributed by atoms with van der Waals surface area (Å²) in [7, 11) is 0. The topological polar surface area (TPSA) is 68.8 Å². The third kappa shape index (κ3) is 1.73. The Balaban J connectivity index is 2.13. The van der Waals surface area contributed by atoms with Crippen molar-refractivity contribution in [1.29, 1.82) is 0 Å². The number of nitrogens with one attached hydrogen (secondary N) is 1. The molecule has 0 atom stereocenters. The van der Waals surface area contributed by atoms with E-state index in [0.29, 0.717) is 5.82 Å². The summed E-state index contributed by atoms with van der Waals surface area (Å²) in [6.45, 7) is 0. The van der Waals surface area contributed by atoms with Crippen LogP contribution in [0.5, 0.6) is 0 Å². The predicted molar refractivity (Wildman–Crippen MR) is 65.9 cm³/mol. The van der Waals surface area contributed by atoms with Crippen LogP contribution in [0.2, 0.25) is 0 Å². The molecular formula is C14H9N2O2-. The largest absolute Gasteiger partial charge is 0.545 e. The first-order valence-corrected chi connectivity index (χ1v) is 5.50. The Morgan fingerprint density at radius 1 is 1.11 bits per heavy atom. The van der Waals surface area contributed by atoms with Gasteiger partial charge in [0.15, 0.2) is 0 Å². The summed E-state index contributed by atoms with van der Waals surface area (Å²) < 4.78 is 0. The number of hydrogen-bond acceptors (Lipinski definition) is 3. The first-order chi connectivity index (χ1) is 8.74. The van der Waals surface area contributed by atoms with Gasteiger partial charge in [0.2, 0.25) is 0 Å². The summed E-state index contributed by atoms with van der Waals surface area (Å²) in [6, 6.07) is 14.2. The van der Waals surface area contributed by atoms with Gasteiger partial charge in [-0.1, -0.05) is 30.3 Å². The monoisotopic (exact) mass is 237 g/mol. The van der Waals surface area contributed by atoms with Gasteiger partial charge in [0.25, 0.3) is 0 Å². The quantitative estimate of drug-likeness (QED) is 0.735. The van der Waals surface area contributed by atoms with Crippen LogP contribution in [0.4, 0.5) is 0 Å². The second-order valence-electron chi connectivity index (χ2n) is 3.97. The van der Waals surface area contributed by atoms with Gasteiger partial charge in [-0.2, -0.15) is 0 Å². The molecule has 0 spiro atoms. The summed E-state index contributed by atoms with van der Waals surface area (Å²) in [6.07, 6.45) is 0. The molecule has 0 saturated carbocycles. The van der Waals surface area contributed by atoms with E-state index in [2.05, 4.69) is 9.97 Å². The van der Waals surface area contributed by atoms with E-state index in [1.54, 1.807) is 12.1 Å². The Kier molecular flexibility index (Phi) is 2.34. The molecular weight excluding hydrogens is 228 g/mol. The number of aromatic nitrogens is 2. The first kappa shape index (κ1) is 10.5. The highest BCUT2D eigenvalue weighted by molar-refractivity contribution is 5.88. The normalized spacial score (nSPS) is 10.7. The fourth-order valence-corrected chi connectivity index (χ4v) is 1.88. The minimum Gasteiger partial charge on any atom is -0.545 e. The molecule has 0 radical (unpaired) electrons. The number of H-pyrrole nitrogens is 1. The van der Waals surface area contributed by atoms with Gasteiger partial charge >= 0.3 is 0 Å². The van der Waals surface area contributed by atoms with Gasteiger partial charge in [-0.3, -0.25) is 0 Å². The fraction of sp³-hybridized carbons (Fsp3) is 0. The van der Waals surface area contributed by atoms with Gasteiger partial charge in [-0.05, 0) is 23.8 Å². The van der Waals surface area contributed by atoms with E-state index in [-0.39, 0.29) is 5.56 Å². The maximum absolute atomic E-state index is 10.8. The lowest BCUT2D eigenvalue weighted by molar-refractivity contribution is -0.255. The second kappa shape index (κ2) is 4.00. The number of aromatic carboxylic acids is 1. The van der Waals surface area contributed by atoms with Gasteiger partial charge in [0.05, 0.1) is 17.0 Å². The molecule has 0 fully saturated rings. The molecule has 0 aliphatic heterocycles. The average molecular weight is 237 g/mol. The minimum atomic E-state index is -1.19. The predicted octanol–water partition coefficient (Wildman–Crippen LogP) is 1.59. The third-order valence-electron chi connectivity index (χ3n) is 2.76. The van der Waals surface area contributed by atoms with Crippen LogP contribution in [0.1, 0.15) is 10.4 Å². The van der Waals surface area contributed by atoms with E-state index >= 15 is 0 Å². The number of carbonyl (C=O) groups excluding carboxylic acids is 1. The van der Waals surface area contributed by atoms with Crippen molar-refractivity contribution in [2.75, 3.05) is 0 Å². The molecule has 88 valence electrons. The Bertz CT molecular complexity index is 698. The zero-order valence-electron chi connectivity index (χ0n) is 9.38. The zero-order chi connectivity index (χ0) is 12.5. The van der Waals surface area contributed by atoms with Gasteiger partial charge in [-0.15, -0.1) is 0 Å². The SMILES string of the molecule is O=C([O-])c1cccc(-c2nc3ccccc3[nH]2)c1. The highest BCUT2D eigenvalue weighted by atomic mass is 16.4. The van der Waals surface area contributed by atoms with E-state index in [9.17, 15) is 9.90 Å². The van der Waals surface area contributed by atoms with Crippen molar-refractivity contribution < 1.29 is 9.90 Å². The van der Waals surface area contributed by atoms with Crippen LogP contribution < -0.4 is 5.11 Å². The average Bonchev–Trinajstić information content (AvgIpc) is 2.82. The summed E-state index contributed by atoms with van der Waals surface area (Å²) in [4.78, 5) is 18.4. The van der Waals surface area contributed by atoms with Crippen LogP contribution in [-0.2, 0) is 0 Å². The maximum Gasteiger partial charge on any atom is 0.138 e. The number of benzene rings is 2. The minimum absolute atomic E-state index is 0.146. The number of hydrogen-bond donors (Lipinski definition) is 1. The zero-order valence-corrected chi connectivity index (χ0v) is 9.38. The molecule has 0 amide bonds. The molecule has 0 aliphatic carbocycles. The molecule has 0 unspecified atom stereocenters. The Morgan fingerprint density at radius 2 is 1.94 bits per heavy atom. The van der Waals surface area contributed by atoms with Crippen molar-refractivity contribution in [2.24, 2.45) is 0 Å². The molecule has 0 aliphatic rings. The number of fused-ring (bicyclic) bond motifs is 1. The van der Waals surface area contributed by atoms with E-state index in [4.69, 9.17) is 0 Å². The van der Waals surface area contributed by atoms with Gasteiger partial charge < -0.3 is 14.9 Å². The lowest BCUT2D eigenvalue weighted by atomic mass is 10.1. The Morgan fingerprint density at radius 3 is 2.72 bits per heavy atom. The molecule has 0 bridgehead atoms. The van der Waals surface area contributed by atoms with Crippen LogP contribution in [-0.4, -0.2) is 15.9 Å². The molecule has 18 heavy (non-hydrogen) atoms. The number of carboxylic acid groups (broad SMARTS) is 1. The number of aromatic amines is 1. The molecule has 1 heterocycles. The van der Waals surface area contributed by atoms with Crippen LogP contribution >= 0.6 is 0 Å². The Labute approximate surface area is 103 Å². The van der Waals surface area contributed by atoms with Crippen LogP contribution in [0.25, 0.3) is 22.4 Å². The van der Waals surface area contributed by atoms with Gasteiger partial charge in [0.1, 0.15) is 5.82 Å². The lowest BCUT2D eigenvalue weighted by Crippen LogP contribution is -2.22. The third-order valence-corrected chi connectivity index (χ3v) is 2.76. The van der Waals surface area contributed by atoms with Crippen molar-refractivity contribution in [1.82, 2.24) is 9.97 Å². The molecule has 1 aromatic heterocycles. The van der Waals surface area contributed by atoms with Gasteiger partial charge in [0, 0.05) is 5.56 Å². The van der Waals surface area contributed by atoms with Crippen molar-refractivity contribution >= 4 is 17.0 Å². The maximum atomic E-state index is 10.8. The summed E-state index contributed by atoms with van der Waals surface area (Å²) in [5.74, 6) is -0.535. The van der Waals surface area contributed by atoms with Crippen LogP contribution in [0.15, 0.2) is 48.5 Å². The molecule has 4 heteroatoms. The second-order valence-corrected chi connectivity index (χ2v) is 3.97. The van der Waals surface area contributed by atoms with Crippen molar-refractivity contribution in [3.63, 3.8) is 0 Å². The number of para-hydroxylation sites is 2. The van der Waals surface area contributed by atoms with E-state index in [1.165, 1.54) is 6.07 Å². The van der Waals surface area contributed by atoms with Crippen molar-refractivity contribution in [3.8, 4) is 11.4 Å². The first-order valence-electron chi connectivity index (χ1n) is 5.50. The number of carboxylic acids is 1. The smallest absolute Gasteiger partial charge is 0.138 e. The number of imidazole rings is 1. The van der Waals surface area contributed by atoms with Gasteiger partial charge in [-0.25, -0.2) is 4.98 Å². The number of rotatable bonds is 2. The lowest BCUT2D eigenvalue weighted by Gasteiger charge is -2.03.